The zero-order valence-corrected chi connectivity index (χ0v) is 13.5. The summed E-state index contributed by atoms with van der Waals surface area (Å²) >= 11 is 0. The third-order valence-corrected chi connectivity index (χ3v) is 3.91. The zero-order valence-electron chi connectivity index (χ0n) is 13.5. The van der Waals surface area contributed by atoms with E-state index >= 15 is 0 Å². The number of amides is 2. The van der Waals surface area contributed by atoms with Gasteiger partial charge in [0.1, 0.15) is 5.82 Å². The Morgan fingerprint density at radius 1 is 1.17 bits per heavy atom. The number of nitrogens with one attached hydrogen (secondary N) is 2. The Labute approximate surface area is 141 Å². The number of rotatable bonds is 5. The standard InChI is InChI=1S/C18H21N5O/c24-18(22-11-10-21-17-14-19-8-9-20-17)23-12-6-16(7-13-23)15-4-2-1-3-5-15/h1-6,8-9,14H,7,10-13H2,(H,20,21)(H,22,24). The third-order valence-electron chi connectivity index (χ3n) is 3.91. The molecule has 0 unspecified atom stereocenters. The summed E-state index contributed by atoms with van der Waals surface area (Å²) in [7, 11) is 0. The second kappa shape index (κ2) is 8.10. The summed E-state index contributed by atoms with van der Waals surface area (Å²) in [5.41, 5.74) is 2.55. The van der Waals surface area contributed by atoms with Gasteiger partial charge in [-0.15, -0.1) is 0 Å². The van der Waals surface area contributed by atoms with Crippen molar-refractivity contribution in [2.24, 2.45) is 0 Å². The lowest BCUT2D eigenvalue weighted by atomic mass is 10.00. The number of anilines is 1. The van der Waals surface area contributed by atoms with E-state index in [0.29, 0.717) is 25.5 Å². The second-order valence-electron chi connectivity index (χ2n) is 5.54. The number of carbonyl (C=O) groups is 1. The molecule has 2 aromatic rings. The Kier molecular flexibility index (Phi) is 5.40. The highest BCUT2D eigenvalue weighted by Crippen LogP contribution is 2.21. The summed E-state index contributed by atoms with van der Waals surface area (Å²) in [5, 5.41) is 6.04. The number of hydrogen-bond donors (Lipinski definition) is 2. The minimum absolute atomic E-state index is 0.0284. The van der Waals surface area contributed by atoms with Gasteiger partial charge >= 0.3 is 6.03 Å². The van der Waals surface area contributed by atoms with Crippen LogP contribution in [-0.4, -0.2) is 47.1 Å². The Morgan fingerprint density at radius 2 is 2.04 bits per heavy atom. The molecule has 2 heterocycles. The van der Waals surface area contributed by atoms with Crippen molar-refractivity contribution in [2.45, 2.75) is 6.42 Å². The van der Waals surface area contributed by atoms with Crippen molar-refractivity contribution in [1.29, 1.82) is 0 Å². The van der Waals surface area contributed by atoms with E-state index in [1.54, 1.807) is 18.6 Å². The van der Waals surface area contributed by atoms with E-state index in [1.165, 1.54) is 11.1 Å². The highest BCUT2D eigenvalue weighted by molar-refractivity contribution is 5.76. The molecule has 0 atom stereocenters. The fraction of sp³-hybridized carbons (Fsp3) is 0.278. The van der Waals surface area contributed by atoms with Gasteiger partial charge < -0.3 is 15.5 Å². The molecule has 24 heavy (non-hydrogen) atoms. The first-order valence-electron chi connectivity index (χ1n) is 8.10. The van der Waals surface area contributed by atoms with Gasteiger partial charge in [0.2, 0.25) is 0 Å². The summed E-state index contributed by atoms with van der Waals surface area (Å²) in [5.74, 6) is 0.708. The first kappa shape index (κ1) is 16.0. The van der Waals surface area contributed by atoms with Crippen LogP contribution in [0.5, 0.6) is 0 Å². The lowest BCUT2D eigenvalue weighted by molar-refractivity contribution is 0.203. The van der Waals surface area contributed by atoms with Gasteiger partial charge in [-0.1, -0.05) is 36.4 Å². The molecule has 1 aliphatic rings. The molecule has 1 aromatic carbocycles. The molecule has 0 spiro atoms. The zero-order chi connectivity index (χ0) is 16.6. The van der Waals surface area contributed by atoms with Crippen LogP contribution in [0.25, 0.3) is 5.57 Å². The fourth-order valence-corrected chi connectivity index (χ4v) is 2.63. The number of carbonyl (C=O) groups excluding carboxylic acids is 1. The summed E-state index contributed by atoms with van der Waals surface area (Å²) in [6.45, 7) is 2.54. The molecule has 3 rings (SSSR count). The monoisotopic (exact) mass is 323 g/mol. The fourth-order valence-electron chi connectivity index (χ4n) is 2.63. The first-order chi connectivity index (χ1) is 11.8. The molecule has 124 valence electrons. The Hall–Kier alpha value is -2.89. The van der Waals surface area contributed by atoms with Gasteiger partial charge in [-0.2, -0.15) is 0 Å². The maximum Gasteiger partial charge on any atom is 0.317 e. The van der Waals surface area contributed by atoms with Crippen molar-refractivity contribution < 1.29 is 4.79 Å². The molecular formula is C18H21N5O. The lowest BCUT2D eigenvalue weighted by Gasteiger charge is -2.27. The maximum atomic E-state index is 12.2. The molecule has 6 heteroatoms. The van der Waals surface area contributed by atoms with Crippen LogP contribution in [-0.2, 0) is 0 Å². The number of nitrogens with zero attached hydrogens (tertiary/aromatic N) is 3. The number of urea groups is 1. The third kappa shape index (κ3) is 4.32. The topological polar surface area (TPSA) is 70.1 Å². The lowest BCUT2D eigenvalue weighted by Crippen LogP contribution is -2.43. The summed E-state index contributed by atoms with van der Waals surface area (Å²) in [6.07, 6.45) is 7.93. The average molecular weight is 323 g/mol. The minimum atomic E-state index is -0.0284. The molecule has 0 fully saturated rings. The SMILES string of the molecule is O=C(NCCNc1cnccn1)N1CC=C(c2ccccc2)CC1. The average Bonchev–Trinajstić information content (AvgIpc) is 2.67. The van der Waals surface area contributed by atoms with Gasteiger partial charge in [0.25, 0.3) is 0 Å². The largest absolute Gasteiger partial charge is 0.367 e. The molecule has 1 aliphatic heterocycles. The van der Waals surface area contributed by atoms with Crippen LogP contribution in [0.4, 0.5) is 10.6 Å². The van der Waals surface area contributed by atoms with Crippen LogP contribution in [0, 0.1) is 0 Å². The predicted octanol–water partition coefficient (Wildman–Crippen LogP) is 2.39. The van der Waals surface area contributed by atoms with Gasteiger partial charge in [0.05, 0.1) is 6.20 Å². The molecular weight excluding hydrogens is 302 g/mol. The molecule has 0 aliphatic carbocycles. The molecule has 0 saturated carbocycles. The Balaban J connectivity index is 1.41. The van der Waals surface area contributed by atoms with Gasteiger partial charge in [0, 0.05) is 38.6 Å². The molecule has 0 radical (unpaired) electrons. The van der Waals surface area contributed by atoms with Gasteiger partial charge in [0.15, 0.2) is 0 Å². The Morgan fingerprint density at radius 3 is 2.75 bits per heavy atom. The summed E-state index contributed by atoms with van der Waals surface area (Å²) in [4.78, 5) is 22.1. The van der Waals surface area contributed by atoms with E-state index in [2.05, 4.69) is 38.8 Å². The van der Waals surface area contributed by atoms with Crippen molar-refractivity contribution in [2.75, 3.05) is 31.5 Å². The molecule has 2 N–H and O–H groups in total. The molecule has 0 bridgehead atoms. The highest BCUT2D eigenvalue weighted by atomic mass is 16.2. The number of aromatic nitrogens is 2. The summed E-state index contributed by atoms with van der Waals surface area (Å²) in [6, 6.07) is 10.3. The number of benzene rings is 1. The maximum absolute atomic E-state index is 12.2. The van der Waals surface area contributed by atoms with Crippen molar-refractivity contribution in [3.05, 3.63) is 60.6 Å². The van der Waals surface area contributed by atoms with E-state index in [9.17, 15) is 4.79 Å². The first-order valence-corrected chi connectivity index (χ1v) is 8.10. The predicted molar refractivity (Wildman–Crippen MR) is 94.5 cm³/mol. The molecule has 6 nitrogen and oxygen atoms in total. The van der Waals surface area contributed by atoms with Crippen LogP contribution < -0.4 is 10.6 Å². The van der Waals surface area contributed by atoms with E-state index in [4.69, 9.17) is 0 Å². The molecule has 0 saturated heterocycles. The minimum Gasteiger partial charge on any atom is -0.367 e. The highest BCUT2D eigenvalue weighted by Gasteiger charge is 2.17. The van der Waals surface area contributed by atoms with Crippen LogP contribution in [0.2, 0.25) is 0 Å². The number of hydrogen-bond acceptors (Lipinski definition) is 4. The van der Waals surface area contributed by atoms with Crippen molar-refractivity contribution >= 4 is 17.4 Å². The molecule has 1 aromatic heterocycles. The van der Waals surface area contributed by atoms with Gasteiger partial charge in [-0.3, -0.25) is 4.98 Å². The van der Waals surface area contributed by atoms with Gasteiger partial charge in [-0.05, 0) is 17.6 Å². The smallest absolute Gasteiger partial charge is 0.317 e. The van der Waals surface area contributed by atoms with Gasteiger partial charge in [-0.25, -0.2) is 9.78 Å². The van der Waals surface area contributed by atoms with E-state index in [0.717, 1.165) is 13.0 Å². The van der Waals surface area contributed by atoms with E-state index in [1.807, 2.05) is 23.1 Å². The summed E-state index contributed by atoms with van der Waals surface area (Å²) < 4.78 is 0. The normalized spacial score (nSPS) is 14.0. The Bertz CT molecular complexity index is 687. The van der Waals surface area contributed by atoms with Crippen molar-refractivity contribution in [3.8, 4) is 0 Å². The van der Waals surface area contributed by atoms with Crippen LogP contribution in [0.3, 0.4) is 0 Å². The van der Waals surface area contributed by atoms with E-state index < -0.39 is 0 Å². The van der Waals surface area contributed by atoms with Crippen LogP contribution >= 0.6 is 0 Å². The van der Waals surface area contributed by atoms with Crippen molar-refractivity contribution in [1.82, 2.24) is 20.2 Å². The second-order valence-corrected chi connectivity index (χ2v) is 5.54. The van der Waals surface area contributed by atoms with Crippen LogP contribution in [0.15, 0.2) is 55.0 Å². The molecule has 2 amide bonds. The quantitative estimate of drug-likeness (QED) is 0.829. The van der Waals surface area contributed by atoms with Crippen molar-refractivity contribution in [3.63, 3.8) is 0 Å². The van der Waals surface area contributed by atoms with E-state index in [-0.39, 0.29) is 6.03 Å². The van der Waals surface area contributed by atoms with Crippen LogP contribution in [0.1, 0.15) is 12.0 Å².